The van der Waals surface area contributed by atoms with Crippen molar-refractivity contribution in [1.82, 2.24) is 5.16 Å². The predicted molar refractivity (Wildman–Crippen MR) is 136 cm³/mol. The molecule has 0 atom stereocenters. The van der Waals surface area contributed by atoms with Crippen LogP contribution in [0.4, 0.5) is 0 Å². The molecule has 0 radical (unpaired) electrons. The molecule has 0 amide bonds. The largest absolute Gasteiger partial charge is 0.476 e. The lowest BCUT2D eigenvalue weighted by Crippen LogP contribution is -1.94. The monoisotopic (exact) mass is 451 g/mol. The summed E-state index contributed by atoms with van der Waals surface area (Å²) >= 11 is 0. The van der Waals surface area contributed by atoms with Gasteiger partial charge in [-0.3, -0.25) is 0 Å². The molecule has 1 rings (SSSR count). The minimum absolute atomic E-state index is 0.0648. The van der Waals surface area contributed by atoms with Crippen LogP contribution in [0.2, 0.25) is 0 Å². The third kappa shape index (κ3) is 23.3. The summed E-state index contributed by atoms with van der Waals surface area (Å²) in [4.78, 5) is 9.94. The number of nitrogens with zero attached hydrogens (tertiary/aromatic N) is 1. The quantitative estimate of drug-likeness (QED) is 0.178. The zero-order chi connectivity index (χ0) is 23.5. The van der Waals surface area contributed by atoms with E-state index in [1.807, 2.05) is 0 Å². The summed E-state index contributed by atoms with van der Waals surface area (Å²) in [6.07, 6.45) is 33.6. The highest BCUT2D eigenvalue weighted by atomic mass is 16.5. The lowest BCUT2D eigenvalue weighted by molar-refractivity contribution is 0.0685. The van der Waals surface area contributed by atoms with E-state index in [1.54, 1.807) is 0 Å². The number of carboxylic acid groups (broad SMARTS) is 1. The smallest absolute Gasteiger partial charge is 0.358 e. The van der Waals surface area contributed by atoms with Gasteiger partial charge in [0.25, 0.3) is 0 Å². The van der Waals surface area contributed by atoms with E-state index < -0.39 is 5.97 Å². The van der Waals surface area contributed by atoms with E-state index in [4.69, 9.17) is 5.11 Å². The summed E-state index contributed by atoms with van der Waals surface area (Å²) in [6.45, 7) is 4.60. The van der Waals surface area contributed by atoms with Crippen LogP contribution in [0.5, 0.6) is 0 Å². The average molecular weight is 452 g/mol. The standard InChI is InChI=1S/C24H50.C4H3NO3/c1-3-5-7-9-11-13-15-17-19-21-23-24-22-20-18-16-14-12-10-8-6-4-2;6-4(7)3-1-2-8-5-3/h3-24H2,1-2H3;1-2H,(H,6,7). The molecule has 0 aliphatic carbocycles. The van der Waals surface area contributed by atoms with Crippen molar-refractivity contribution in [3.63, 3.8) is 0 Å². The Labute approximate surface area is 198 Å². The number of unbranched alkanes of at least 4 members (excludes halogenated alkanes) is 21. The Morgan fingerprint density at radius 2 is 0.906 bits per heavy atom. The third-order valence-corrected chi connectivity index (χ3v) is 6.11. The Kier molecular flexibility index (Phi) is 24.9. The summed E-state index contributed by atoms with van der Waals surface area (Å²) in [5, 5.41) is 11.3. The topological polar surface area (TPSA) is 63.3 Å². The summed E-state index contributed by atoms with van der Waals surface area (Å²) in [5.74, 6) is -1.07. The van der Waals surface area contributed by atoms with Gasteiger partial charge in [-0.25, -0.2) is 4.79 Å². The Morgan fingerprint density at radius 3 is 1.06 bits per heavy atom. The van der Waals surface area contributed by atoms with Crippen molar-refractivity contribution in [1.29, 1.82) is 0 Å². The molecule has 0 unspecified atom stereocenters. The van der Waals surface area contributed by atoms with Crippen LogP contribution in [-0.4, -0.2) is 16.2 Å². The first kappa shape index (κ1) is 30.7. The summed E-state index contributed by atoms with van der Waals surface area (Å²) in [6, 6.07) is 1.28. The molecule has 0 aliphatic rings. The fourth-order valence-corrected chi connectivity index (χ4v) is 4.00. The zero-order valence-corrected chi connectivity index (χ0v) is 21.4. The molecule has 0 aromatic carbocycles. The van der Waals surface area contributed by atoms with Gasteiger partial charge in [0.05, 0.1) is 0 Å². The Balaban J connectivity index is 0.000000995. The Bertz CT molecular complexity index is 451. The van der Waals surface area contributed by atoms with Gasteiger partial charge in [-0.15, -0.1) is 0 Å². The molecular formula is C28H53NO3. The maximum absolute atomic E-state index is 9.94. The van der Waals surface area contributed by atoms with Crippen molar-refractivity contribution in [2.24, 2.45) is 0 Å². The number of carbonyl (C=O) groups is 1. The Hall–Kier alpha value is -1.32. The molecule has 1 aromatic rings. The van der Waals surface area contributed by atoms with Crippen molar-refractivity contribution >= 4 is 5.97 Å². The number of aromatic carboxylic acids is 1. The Morgan fingerprint density at radius 1 is 0.625 bits per heavy atom. The van der Waals surface area contributed by atoms with Crippen LogP contribution in [0, 0.1) is 0 Å². The highest BCUT2D eigenvalue weighted by Crippen LogP contribution is 2.15. The van der Waals surface area contributed by atoms with Gasteiger partial charge in [-0.1, -0.05) is 160 Å². The first-order valence-corrected chi connectivity index (χ1v) is 13.9. The van der Waals surface area contributed by atoms with Gasteiger partial charge in [0.15, 0.2) is 5.69 Å². The molecule has 0 aliphatic heterocycles. The van der Waals surface area contributed by atoms with Gasteiger partial charge >= 0.3 is 5.97 Å². The first-order valence-electron chi connectivity index (χ1n) is 13.9. The lowest BCUT2D eigenvalue weighted by atomic mass is 10.0. The van der Waals surface area contributed by atoms with Crippen LogP contribution in [0.3, 0.4) is 0 Å². The molecule has 0 spiro atoms. The molecule has 0 fully saturated rings. The highest BCUT2D eigenvalue weighted by Gasteiger charge is 2.03. The molecule has 4 nitrogen and oxygen atoms in total. The number of aromatic nitrogens is 1. The molecule has 1 aromatic heterocycles. The van der Waals surface area contributed by atoms with E-state index in [1.165, 1.54) is 154 Å². The maximum Gasteiger partial charge on any atom is 0.358 e. The fraction of sp³-hybridized carbons (Fsp3) is 0.857. The van der Waals surface area contributed by atoms with Crippen LogP contribution >= 0.6 is 0 Å². The molecule has 1 heterocycles. The zero-order valence-electron chi connectivity index (χ0n) is 21.4. The second-order valence-electron chi connectivity index (χ2n) is 9.26. The van der Waals surface area contributed by atoms with Gasteiger partial charge in [0.1, 0.15) is 6.26 Å². The molecule has 4 heteroatoms. The maximum atomic E-state index is 9.94. The third-order valence-electron chi connectivity index (χ3n) is 6.11. The highest BCUT2D eigenvalue weighted by molar-refractivity contribution is 5.84. The number of carboxylic acids is 1. The molecule has 188 valence electrons. The molecule has 1 N–H and O–H groups in total. The van der Waals surface area contributed by atoms with E-state index in [-0.39, 0.29) is 5.69 Å². The van der Waals surface area contributed by atoms with E-state index in [9.17, 15) is 4.79 Å². The lowest BCUT2D eigenvalue weighted by Gasteiger charge is -2.04. The van der Waals surface area contributed by atoms with Gasteiger partial charge in [0.2, 0.25) is 0 Å². The van der Waals surface area contributed by atoms with Crippen LogP contribution < -0.4 is 0 Å². The second-order valence-corrected chi connectivity index (χ2v) is 9.26. The van der Waals surface area contributed by atoms with E-state index in [0.717, 1.165) is 0 Å². The van der Waals surface area contributed by atoms with Crippen LogP contribution in [-0.2, 0) is 0 Å². The van der Waals surface area contributed by atoms with E-state index >= 15 is 0 Å². The van der Waals surface area contributed by atoms with Gasteiger partial charge in [-0.2, -0.15) is 0 Å². The molecule has 32 heavy (non-hydrogen) atoms. The number of hydrogen-bond acceptors (Lipinski definition) is 3. The van der Waals surface area contributed by atoms with Crippen LogP contribution in [0.1, 0.15) is 166 Å². The molecule has 0 saturated heterocycles. The summed E-state index contributed by atoms with van der Waals surface area (Å²) < 4.78 is 4.24. The number of hydrogen-bond donors (Lipinski definition) is 1. The average Bonchev–Trinajstić information content (AvgIpc) is 3.34. The minimum atomic E-state index is -1.07. The molecule has 0 saturated carbocycles. The normalized spacial score (nSPS) is 10.7. The van der Waals surface area contributed by atoms with Crippen molar-refractivity contribution in [3.8, 4) is 0 Å². The number of rotatable bonds is 22. The van der Waals surface area contributed by atoms with Crippen molar-refractivity contribution in [2.75, 3.05) is 0 Å². The second kappa shape index (κ2) is 25.9. The SMILES string of the molecule is CCCCCCCCCCCCCCCCCCCCCCCC.O=C(O)c1ccon1. The van der Waals surface area contributed by atoms with E-state index in [2.05, 4.69) is 23.5 Å². The summed E-state index contributed by atoms with van der Waals surface area (Å²) in [5.41, 5.74) is -0.0648. The summed E-state index contributed by atoms with van der Waals surface area (Å²) in [7, 11) is 0. The molecular weight excluding hydrogens is 398 g/mol. The van der Waals surface area contributed by atoms with E-state index in [0.29, 0.717) is 0 Å². The van der Waals surface area contributed by atoms with Gasteiger partial charge in [-0.05, 0) is 0 Å². The van der Waals surface area contributed by atoms with Crippen LogP contribution in [0.25, 0.3) is 0 Å². The first-order chi connectivity index (χ1) is 15.7. The molecule has 0 bridgehead atoms. The fourth-order valence-electron chi connectivity index (χ4n) is 4.00. The predicted octanol–water partition coefficient (Wildman–Crippen LogP) is 9.98. The van der Waals surface area contributed by atoms with Crippen molar-refractivity contribution < 1.29 is 14.4 Å². The van der Waals surface area contributed by atoms with Crippen molar-refractivity contribution in [2.45, 2.75) is 155 Å². The van der Waals surface area contributed by atoms with Gasteiger partial charge < -0.3 is 9.63 Å². The van der Waals surface area contributed by atoms with Gasteiger partial charge in [0, 0.05) is 6.07 Å². The van der Waals surface area contributed by atoms with Crippen molar-refractivity contribution in [3.05, 3.63) is 18.0 Å². The van der Waals surface area contributed by atoms with Crippen LogP contribution in [0.15, 0.2) is 16.9 Å². The minimum Gasteiger partial charge on any atom is -0.476 e.